The molecule has 0 saturated heterocycles. The second kappa shape index (κ2) is 7.37. The smallest absolute Gasteiger partial charge is 0.326 e. The molecule has 1 aromatic rings. The lowest BCUT2D eigenvalue weighted by Crippen LogP contribution is -2.47. The Morgan fingerprint density at radius 1 is 1.20 bits per heavy atom. The molecule has 0 fully saturated rings. The van der Waals surface area contributed by atoms with E-state index in [1.165, 1.54) is 12.1 Å². The van der Waals surface area contributed by atoms with Gasteiger partial charge < -0.3 is 20.8 Å². The molecule has 110 valence electrons. The van der Waals surface area contributed by atoms with Crippen LogP contribution in [0.2, 0.25) is 0 Å². The first-order chi connectivity index (χ1) is 9.38. The van der Waals surface area contributed by atoms with E-state index in [9.17, 15) is 14.7 Å². The predicted molar refractivity (Wildman–Crippen MR) is 74.6 cm³/mol. The van der Waals surface area contributed by atoms with Crippen LogP contribution in [0, 0.1) is 5.92 Å². The number of phenols is 1. The van der Waals surface area contributed by atoms with E-state index in [0.29, 0.717) is 12.5 Å². The molecule has 20 heavy (non-hydrogen) atoms. The molecule has 0 saturated carbocycles. The first kappa shape index (κ1) is 15.8. The number of carbonyl (C=O) groups excluding carboxylic acids is 1. The summed E-state index contributed by atoms with van der Waals surface area (Å²) in [6, 6.07) is 4.70. The Balaban J connectivity index is 2.58. The molecule has 0 bridgehead atoms. The molecule has 1 aromatic carbocycles. The van der Waals surface area contributed by atoms with Crippen LogP contribution in [-0.2, 0) is 11.2 Å². The predicted octanol–water partition coefficient (Wildman–Crippen LogP) is 1.34. The number of aromatic hydroxyl groups is 1. The highest BCUT2D eigenvalue weighted by Gasteiger charge is 2.20. The number of nitrogens with one attached hydrogen (secondary N) is 2. The van der Waals surface area contributed by atoms with E-state index in [0.717, 1.165) is 5.56 Å². The highest BCUT2D eigenvalue weighted by Crippen LogP contribution is 2.11. The van der Waals surface area contributed by atoms with E-state index in [-0.39, 0.29) is 12.2 Å². The number of aliphatic carboxylic acids is 1. The normalized spacial score (nSPS) is 11.9. The fourth-order valence-corrected chi connectivity index (χ4v) is 1.57. The fourth-order valence-electron chi connectivity index (χ4n) is 1.57. The first-order valence-electron chi connectivity index (χ1n) is 6.43. The van der Waals surface area contributed by atoms with Crippen molar-refractivity contribution in [1.29, 1.82) is 0 Å². The van der Waals surface area contributed by atoms with E-state index in [4.69, 9.17) is 5.11 Å². The molecule has 0 aliphatic carbocycles. The van der Waals surface area contributed by atoms with Crippen LogP contribution in [0.1, 0.15) is 19.4 Å². The number of hydrogen-bond donors (Lipinski definition) is 4. The number of benzene rings is 1. The number of hydrogen-bond acceptors (Lipinski definition) is 3. The van der Waals surface area contributed by atoms with Gasteiger partial charge in [-0.15, -0.1) is 0 Å². The van der Waals surface area contributed by atoms with Crippen molar-refractivity contribution in [3.8, 4) is 5.75 Å². The Hall–Kier alpha value is -2.24. The summed E-state index contributed by atoms with van der Waals surface area (Å²) < 4.78 is 0. The van der Waals surface area contributed by atoms with E-state index in [1.54, 1.807) is 12.1 Å². The van der Waals surface area contributed by atoms with Gasteiger partial charge in [-0.3, -0.25) is 0 Å². The number of carbonyl (C=O) groups is 2. The fraction of sp³-hybridized carbons (Fsp3) is 0.429. The van der Waals surface area contributed by atoms with Gasteiger partial charge in [-0.2, -0.15) is 0 Å². The Morgan fingerprint density at radius 3 is 2.30 bits per heavy atom. The van der Waals surface area contributed by atoms with E-state index in [2.05, 4.69) is 10.6 Å². The summed E-state index contributed by atoms with van der Waals surface area (Å²) >= 11 is 0. The van der Waals surface area contributed by atoms with Crippen LogP contribution in [0.15, 0.2) is 24.3 Å². The van der Waals surface area contributed by atoms with E-state index in [1.807, 2.05) is 13.8 Å². The van der Waals surface area contributed by atoms with Crippen LogP contribution in [0.3, 0.4) is 0 Å². The van der Waals surface area contributed by atoms with Gasteiger partial charge in [0, 0.05) is 13.0 Å². The lowest BCUT2D eigenvalue weighted by Gasteiger charge is -2.16. The van der Waals surface area contributed by atoms with Crippen molar-refractivity contribution in [1.82, 2.24) is 10.6 Å². The molecule has 0 radical (unpaired) electrons. The molecule has 0 aromatic heterocycles. The molecule has 1 atom stereocenters. The van der Waals surface area contributed by atoms with Gasteiger partial charge in [-0.05, 0) is 23.6 Å². The number of carboxylic acid groups (broad SMARTS) is 1. The van der Waals surface area contributed by atoms with Crippen LogP contribution >= 0.6 is 0 Å². The zero-order valence-electron chi connectivity index (χ0n) is 11.6. The van der Waals surface area contributed by atoms with Crippen LogP contribution in [0.5, 0.6) is 5.75 Å². The molecule has 1 rings (SSSR count). The largest absolute Gasteiger partial charge is 0.508 e. The first-order valence-corrected chi connectivity index (χ1v) is 6.43. The van der Waals surface area contributed by atoms with Gasteiger partial charge in [0.25, 0.3) is 0 Å². The minimum absolute atomic E-state index is 0.114. The Morgan fingerprint density at radius 2 is 1.80 bits per heavy atom. The standard InChI is InChI=1S/C14H20N2O4/c1-9(2)8-15-14(20)16-12(13(18)19)7-10-3-5-11(17)6-4-10/h3-6,9,12,17H,7-8H2,1-2H3,(H,18,19)(H2,15,16,20). The van der Waals surface area contributed by atoms with Crippen molar-refractivity contribution in [2.75, 3.05) is 6.54 Å². The van der Waals surface area contributed by atoms with Crippen LogP contribution in [0.4, 0.5) is 4.79 Å². The molecular weight excluding hydrogens is 260 g/mol. The van der Waals surface area contributed by atoms with Crippen molar-refractivity contribution in [2.45, 2.75) is 26.3 Å². The maximum Gasteiger partial charge on any atom is 0.326 e. The van der Waals surface area contributed by atoms with Gasteiger partial charge in [-0.1, -0.05) is 26.0 Å². The van der Waals surface area contributed by atoms with Crippen LogP contribution < -0.4 is 10.6 Å². The number of rotatable bonds is 6. The summed E-state index contributed by atoms with van der Waals surface area (Å²) in [5.41, 5.74) is 0.722. The monoisotopic (exact) mass is 280 g/mol. The molecular formula is C14H20N2O4. The summed E-state index contributed by atoms with van der Waals surface area (Å²) in [4.78, 5) is 22.7. The lowest BCUT2D eigenvalue weighted by molar-refractivity contribution is -0.139. The molecule has 1 unspecified atom stereocenters. The van der Waals surface area contributed by atoms with Gasteiger partial charge >= 0.3 is 12.0 Å². The third kappa shape index (κ3) is 5.60. The quantitative estimate of drug-likeness (QED) is 0.632. The van der Waals surface area contributed by atoms with Gasteiger partial charge in [0.15, 0.2) is 0 Å². The van der Waals surface area contributed by atoms with Gasteiger partial charge in [0.1, 0.15) is 11.8 Å². The minimum Gasteiger partial charge on any atom is -0.508 e. The van der Waals surface area contributed by atoms with Crippen molar-refractivity contribution in [3.63, 3.8) is 0 Å². The third-order valence-electron chi connectivity index (χ3n) is 2.65. The second-order valence-corrected chi connectivity index (χ2v) is 5.01. The Bertz CT molecular complexity index is 457. The molecule has 4 N–H and O–H groups in total. The summed E-state index contributed by atoms with van der Waals surface area (Å²) in [5.74, 6) is -0.692. The average Bonchev–Trinajstić information content (AvgIpc) is 2.38. The number of carboxylic acids is 1. The number of urea groups is 1. The third-order valence-corrected chi connectivity index (χ3v) is 2.65. The zero-order chi connectivity index (χ0) is 15.1. The maximum absolute atomic E-state index is 11.6. The summed E-state index contributed by atoms with van der Waals surface area (Å²) in [6.45, 7) is 4.38. The number of phenolic OH excluding ortho intramolecular Hbond substituents is 1. The van der Waals surface area contributed by atoms with Gasteiger partial charge in [-0.25, -0.2) is 9.59 Å². The van der Waals surface area contributed by atoms with Crippen molar-refractivity contribution < 1.29 is 19.8 Å². The Labute approximate surface area is 117 Å². The zero-order valence-corrected chi connectivity index (χ0v) is 11.6. The molecule has 0 aliphatic heterocycles. The summed E-state index contributed by atoms with van der Waals surface area (Å²) in [5, 5.41) is 23.3. The van der Waals surface area contributed by atoms with Crippen molar-refractivity contribution >= 4 is 12.0 Å². The molecule has 6 nitrogen and oxygen atoms in total. The van der Waals surface area contributed by atoms with Crippen LogP contribution in [-0.4, -0.2) is 34.8 Å². The van der Waals surface area contributed by atoms with Crippen molar-refractivity contribution in [3.05, 3.63) is 29.8 Å². The summed E-state index contributed by atoms with van der Waals surface area (Å²) in [7, 11) is 0. The summed E-state index contributed by atoms with van der Waals surface area (Å²) in [6.07, 6.45) is 0.157. The van der Waals surface area contributed by atoms with Crippen LogP contribution in [0.25, 0.3) is 0 Å². The maximum atomic E-state index is 11.6. The number of amides is 2. The highest BCUT2D eigenvalue weighted by molar-refractivity contribution is 5.82. The average molecular weight is 280 g/mol. The van der Waals surface area contributed by atoms with Gasteiger partial charge in [0.2, 0.25) is 0 Å². The van der Waals surface area contributed by atoms with Crippen molar-refractivity contribution in [2.24, 2.45) is 5.92 Å². The molecule has 6 heteroatoms. The highest BCUT2D eigenvalue weighted by atomic mass is 16.4. The second-order valence-electron chi connectivity index (χ2n) is 5.01. The minimum atomic E-state index is -1.10. The Kier molecular flexibility index (Phi) is 5.83. The SMILES string of the molecule is CC(C)CNC(=O)NC(Cc1ccc(O)cc1)C(=O)O. The van der Waals surface area contributed by atoms with E-state index >= 15 is 0 Å². The molecule has 0 heterocycles. The van der Waals surface area contributed by atoms with Gasteiger partial charge in [0.05, 0.1) is 0 Å². The lowest BCUT2D eigenvalue weighted by atomic mass is 10.1. The van der Waals surface area contributed by atoms with E-state index < -0.39 is 18.0 Å². The molecule has 0 spiro atoms. The molecule has 0 aliphatic rings. The topological polar surface area (TPSA) is 98.7 Å². The molecule has 2 amide bonds.